The molecule has 0 spiro atoms. The number of carbonyl (C=O) groups is 1. The Morgan fingerprint density at radius 2 is 2.18 bits per heavy atom. The van der Waals surface area contributed by atoms with Gasteiger partial charge in [-0.05, 0) is 30.2 Å². The van der Waals surface area contributed by atoms with Crippen molar-refractivity contribution >= 4 is 30.7 Å². The molecule has 1 amide bonds. The number of benzene rings is 1. The molecule has 0 saturated carbocycles. The third-order valence-corrected chi connectivity index (χ3v) is 2.58. The van der Waals surface area contributed by atoms with E-state index in [1.54, 1.807) is 7.11 Å². The van der Waals surface area contributed by atoms with Gasteiger partial charge in [0.2, 0.25) is 5.91 Å². The number of rotatable bonds is 2. The number of fused-ring (bicyclic) bond motifs is 1. The Morgan fingerprint density at radius 1 is 1.47 bits per heavy atom. The first kappa shape index (κ1) is 15.9. The van der Waals surface area contributed by atoms with E-state index in [0.29, 0.717) is 13.0 Å². The largest absolute Gasteiger partial charge is 0.497 e. The molecule has 1 unspecified atom stereocenters. The molecule has 2 N–H and O–H groups in total. The minimum Gasteiger partial charge on any atom is -0.497 e. The van der Waals surface area contributed by atoms with Crippen LogP contribution in [0.15, 0.2) is 18.2 Å². The van der Waals surface area contributed by atoms with Crippen LogP contribution in [0.1, 0.15) is 5.56 Å². The molecule has 4 nitrogen and oxygen atoms in total. The molecule has 6 heteroatoms. The highest BCUT2D eigenvalue weighted by Crippen LogP contribution is 2.30. The lowest BCUT2D eigenvalue weighted by Gasteiger charge is -2.23. The molecule has 0 saturated heterocycles. The summed E-state index contributed by atoms with van der Waals surface area (Å²) in [7, 11) is 1.61. The third-order valence-electron chi connectivity index (χ3n) is 2.58. The number of methoxy groups -OCH3 is 1. The van der Waals surface area contributed by atoms with Crippen molar-refractivity contribution in [3.63, 3.8) is 0 Å². The van der Waals surface area contributed by atoms with Crippen LogP contribution in [0.5, 0.6) is 11.5 Å². The van der Waals surface area contributed by atoms with Crippen molar-refractivity contribution in [2.75, 3.05) is 13.7 Å². The van der Waals surface area contributed by atoms with E-state index in [2.05, 4.69) is 0 Å². The van der Waals surface area contributed by atoms with Gasteiger partial charge < -0.3 is 15.2 Å². The second kappa shape index (κ2) is 6.57. The van der Waals surface area contributed by atoms with Crippen molar-refractivity contribution < 1.29 is 14.3 Å². The number of nitrogens with two attached hydrogens (primary N) is 1. The SMILES string of the molecule is COc1ccc2c(c1)CC(C(N)=O)CO2.Cl.Cl. The van der Waals surface area contributed by atoms with Crippen molar-refractivity contribution in [1.29, 1.82) is 0 Å². The van der Waals surface area contributed by atoms with Crippen LogP contribution in [0.4, 0.5) is 0 Å². The number of halogens is 2. The molecule has 0 radical (unpaired) electrons. The van der Waals surface area contributed by atoms with E-state index in [9.17, 15) is 4.79 Å². The third kappa shape index (κ3) is 3.41. The zero-order chi connectivity index (χ0) is 10.8. The van der Waals surface area contributed by atoms with Gasteiger partial charge in [0.1, 0.15) is 18.1 Å². The van der Waals surface area contributed by atoms with Gasteiger partial charge in [-0.3, -0.25) is 4.79 Å². The fourth-order valence-electron chi connectivity index (χ4n) is 1.68. The summed E-state index contributed by atoms with van der Waals surface area (Å²) >= 11 is 0. The van der Waals surface area contributed by atoms with E-state index in [0.717, 1.165) is 17.1 Å². The Bertz CT molecular complexity index is 398. The summed E-state index contributed by atoms with van der Waals surface area (Å²) in [6.07, 6.45) is 0.627. The smallest absolute Gasteiger partial charge is 0.224 e. The fourth-order valence-corrected chi connectivity index (χ4v) is 1.68. The van der Waals surface area contributed by atoms with Crippen molar-refractivity contribution in [2.45, 2.75) is 6.42 Å². The number of hydrogen-bond acceptors (Lipinski definition) is 3. The zero-order valence-electron chi connectivity index (χ0n) is 9.34. The monoisotopic (exact) mass is 279 g/mol. The van der Waals surface area contributed by atoms with Gasteiger partial charge in [0.25, 0.3) is 0 Å². The fraction of sp³-hybridized carbons (Fsp3) is 0.364. The summed E-state index contributed by atoms with van der Waals surface area (Å²) in [4.78, 5) is 11.0. The Morgan fingerprint density at radius 3 is 2.76 bits per heavy atom. The van der Waals surface area contributed by atoms with Crippen LogP contribution in [0.25, 0.3) is 0 Å². The van der Waals surface area contributed by atoms with E-state index in [1.807, 2.05) is 18.2 Å². The molecular formula is C11H15Cl2NO3. The minimum absolute atomic E-state index is 0. The molecule has 1 aromatic rings. The second-order valence-corrected chi connectivity index (χ2v) is 3.59. The molecular weight excluding hydrogens is 265 g/mol. The highest BCUT2D eigenvalue weighted by Gasteiger charge is 2.24. The molecule has 2 rings (SSSR count). The Balaban J connectivity index is 0.00000128. The summed E-state index contributed by atoms with van der Waals surface area (Å²) in [5.74, 6) is 1.03. The van der Waals surface area contributed by atoms with Gasteiger partial charge in [0, 0.05) is 0 Å². The van der Waals surface area contributed by atoms with Gasteiger partial charge in [0.05, 0.1) is 13.0 Å². The van der Waals surface area contributed by atoms with Crippen LogP contribution in [0, 0.1) is 5.92 Å². The van der Waals surface area contributed by atoms with E-state index in [4.69, 9.17) is 15.2 Å². The summed E-state index contributed by atoms with van der Waals surface area (Å²) in [6.45, 7) is 0.370. The van der Waals surface area contributed by atoms with Crippen molar-refractivity contribution in [3.8, 4) is 11.5 Å². The standard InChI is InChI=1S/C11H13NO3.2ClH/c1-14-9-2-3-10-7(5-9)4-8(6-15-10)11(12)13;;/h2-3,5,8H,4,6H2,1H3,(H2,12,13);2*1H. The number of hydrogen-bond donors (Lipinski definition) is 1. The first-order valence-electron chi connectivity index (χ1n) is 4.79. The molecule has 0 aromatic heterocycles. The maximum Gasteiger partial charge on any atom is 0.224 e. The van der Waals surface area contributed by atoms with Gasteiger partial charge >= 0.3 is 0 Å². The van der Waals surface area contributed by atoms with Gasteiger partial charge in [0.15, 0.2) is 0 Å². The van der Waals surface area contributed by atoms with Crippen LogP contribution in [0.2, 0.25) is 0 Å². The number of carbonyl (C=O) groups excluding carboxylic acids is 1. The maximum atomic E-state index is 11.0. The van der Waals surface area contributed by atoms with Gasteiger partial charge in [-0.15, -0.1) is 24.8 Å². The van der Waals surface area contributed by atoms with Gasteiger partial charge in [-0.1, -0.05) is 0 Å². The van der Waals surface area contributed by atoms with E-state index < -0.39 is 0 Å². The minimum atomic E-state index is -0.316. The molecule has 0 aliphatic carbocycles. The Kier molecular flexibility index (Phi) is 6.13. The summed E-state index contributed by atoms with van der Waals surface area (Å²) in [6, 6.07) is 5.57. The topological polar surface area (TPSA) is 61.5 Å². The summed E-state index contributed by atoms with van der Waals surface area (Å²) in [5, 5.41) is 0. The molecule has 17 heavy (non-hydrogen) atoms. The maximum absolute atomic E-state index is 11.0. The predicted molar refractivity (Wildman–Crippen MR) is 69.4 cm³/mol. The summed E-state index contributed by atoms with van der Waals surface area (Å²) < 4.78 is 10.5. The molecule has 1 heterocycles. The molecule has 0 bridgehead atoms. The van der Waals surface area contributed by atoms with Crippen LogP contribution in [-0.4, -0.2) is 19.6 Å². The van der Waals surface area contributed by atoms with E-state index in [1.165, 1.54) is 0 Å². The second-order valence-electron chi connectivity index (χ2n) is 3.59. The lowest BCUT2D eigenvalue weighted by atomic mass is 9.96. The molecule has 1 aliphatic heterocycles. The molecule has 1 atom stereocenters. The lowest BCUT2D eigenvalue weighted by Crippen LogP contribution is -2.33. The van der Waals surface area contributed by atoms with Crippen molar-refractivity contribution in [3.05, 3.63) is 23.8 Å². The van der Waals surface area contributed by atoms with Gasteiger partial charge in [-0.2, -0.15) is 0 Å². The van der Waals surface area contributed by atoms with Crippen LogP contribution < -0.4 is 15.2 Å². The molecule has 1 aliphatic rings. The lowest BCUT2D eigenvalue weighted by molar-refractivity contribution is -0.123. The van der Waals surface area contributed by atoms with Gasteiger partial charge in [-0.25, -0.2) is 0 Å². The first-order valence-corrected chi connectivity index (χ1v) is 4.79. The average molecular weight is 280 g/mol. The number of ether oxygens (including phenoxy) is 2. The first-order chi connectivity index (χ1) is 7.20. The van der Waals surface area contributed by atoms with Crippen molar-refractivity contribution in [1.82, 2.24) is 0 Å². The number of primary amides is 1. The highest BCUT2D eigenvalue weighted by molar-refractivity contribution is 5.85. The Hall–Kier alpha value is -1.13. The normalized spacial score (nSPS) is 16.6. The predicted octanol–water partition coefficient (Wildman–Crippen LogP) is 1.58. The van der Waals surface area contributed by atoms with Crippen LogP contribution >= 0.6 is 24.8 Å². The van der Waals surface area contributed by atoms with E-state index >= 15 is 0 Å². The van der Waals surface area contributed by atoms with Crippen LogP contribution in [0.3, 0.4) is 0 Å². The van der Waals surface area contributed by atoms with Crippen LogP contribution in [-0.2, 0) is 11.2 Å². The molecule has 0 fully saturated rings. The van der Waals surface area contributed by atoms with Crippen molar-refractivity contribution in [2.24, 2.45) is 11.7 Å². The van der Waals surface area contributed by atoms with E-state index in [-0.39, 0.29) is 36.6 Å². The number of amides is 1. The average Bonchev–Trinajstić information content (AvgIpc) is 2.27. The zero-order valence-corrected chi connectivity index (χ0v) is 11.0. The molecule has 96 valence electrons. The highest BCUT2D eigenvalue weighted by atomic mass is 35.5. The quantitative estimate of drug-likeness (QED) is 0.894. The Labute approximate surface area is 112 Å². The molecule has 1 aromatic carbocycles. The summed E-state index contributed by atoms with van der Waals surface area (Å²) in [5.41, 5.74) is 6.22.